The van der Waals surface area contributed by atoms with Crippen LogP contribution in [-0.4, -0.2) is 29.5 Å². The summed E-state index contributed by atoms with van der Waals surface area (Å²) in [6.45, 7) is 0. The molecule has 0 unspecified atom stereocenters. The minimum atomic E-state index is 0.343. The zero-order chi connectivity index (χ0) is 28.6. The molecule has 0 spiro atoms. The Bertz CT molecular complexity index is 1930. The Morgan fingerprint density at radius 2 is 1.30 bits per heavy atom. The maximum atomic E-state index is 4.55. The number of rotatable bonds is 5. The Hall–Kier alpha value is -4.98. The van der Waals surface area contributed by atoms with Crippen molar-refractivity contribution >= 4 is 33.7 Å². The highest BCUT2D eigenvalue weighted by atomic mass is 15.1. The van der Waals surface area contributed by atoms with Gasteiger partial charge in [-0.05, 0) is 72.9 Å². The van der Waals surface area contributed by atoms with Gasteiger partial charge < -0.3 is 20.2 Å². The Balaban J connectivity index is 0.000000133. The van der Waals surface area contributed by atoms with Crippen molar-refractivity contribution in [3.05, 3.63) is 120 Å². The van der Waals surface area contributed by atoms with Crippen molar-refractivity contribution in [2.45, 2.75) is 56.7 Å². The Labute approximate surface area is 250 Å². The van der Waals surface area contributed by atoms with Gasteiger partial charge in [-0.1, -0.05) is 60.7 Å². The number of anilines is 2. The predicted molar refractivity (Wildman–Crippen MR) is 171 cm³/mol. The molecule has 0 saturated heterocycles. The SMILES string of the molecule is C1=CCC(n2ccc3c(N[C@H]4CCc5ccccc54)ncnc32)C1.c1ccc2c(c1)CC[C@@H]2Nc1ncnc2[nH]ccc12. The smallest absolute Gasteiger partial charge is 0.145 e. The summed E-state index contributed by atoms with van der Waals surface area (Å²) in [7, 11) is 0. The number of aryl methyl sites for hydroxylation is 2. The quantitative estimate of drug-likeness (QED) is 0.187. The molecule has 3 aliphatic carbocycles. The van der Waals surface area contributed by atoms with E-state index in [0.717, 1.165) is 72.2 Å². The fourth-order valence-electron chi connectivity index (χ4n) is 6.94. The van der Waals surface area contributed by atoms with Crippen molar-refractivity contribution < 1.29 is 0 Å². The van der Waals surface area contributed by atoms with Gasteiger partial charge in [-0.15, -0.1) is 0 Å². The first-order valence-electron chi connectivity index (χ1n) is 15.2. The van der Waals surface area contributed by atoms with E-state index in [1.54, 1.807) is 12.7 Å². The van der Waals surface area contributed by atoms with Crippen molar-refractivity contribution in [3.63, 3.8) is 0 Å². The number of nitrogens with zero attached hydrogens (tertiary/aromatic N) is 5. The molecule has 0 fully saturated rings. The fraction of sp³-hybridized carbons (Fsp3) is 0.257. The van der Waals surface area contributed by atoms with E-state index in [9.17, 15) is 0 Å². The Morgan fingerprint density at radius 3 is 2.00 bits per heavy atom. The summed E-state index contributed by atoms with van der Waals surface area (Å²) in [6, 6.07) is 22.7. The van der Waals surface area contributed by atoms with Crippen molar-refractivity contribution in [1.29, 1.82) is 0 Å². The first-order valence-corrected chi connectivity index (χ1v) is 15.2. The summed E-state index contributed by atoms with van der Waals surface area (Å²) in [6.07, 6.45) is 18.5. The number of hydrogen-bond acceptors (Lipinski definition) is 6. The van der Waals surface area contributed by atoms with Crippen LogP contribution >= 0.6 is 0 Å². The molecule has 6 aromatic rings. The number of H-pyrrole nitrogens is 1. The number of nitrogens with one attached hydrogen (secondary N) is 3. The highest BCUT2D eigenvalue weighted by molar-refractivity contribution is 5.88. The van der Waals surface area contributed by atoms with E-state index in [4.69, 9.17) is 0 Å². The number of hydrogen-bond donors (Lipinski definition) is 3. The molecule has 0 bridgehead atoms. The summed E-state index contributed by atoms with van der Waals surface area (Å²) in [5, 5.41) is 9.39. The van der Waals surface area contributed by atoms with Crippen LogP contribution in [0.3, 0.4) is 0 Å². The molecule has 8 nitrogen and oxygen atoms in total. The van der Waals surface area contributed by atoms with Gasteiger partial charge in [-0.25, -0.2) is 19.9 Å². The second-order valence-corrected chi connectivity index (χ2v) is 11.6. The highest BCUT2D eigenvalue weighted by Crippen LogP contribution is 2.36. The summed E-state index contributed by atoms with van der Waals surface area (Å²) in [5.41, 5.74) is 7.61. The van der Waals surface area contributed by atoms with Crippen LogP contribution in [0.1, 0.15) is 66.1 Å². The molecule has 0 radical (unpaired) electrons. The standard InChI is InChI=1S/C20H20N4.C15H14N4/c1-4-8-16-14(5-1)9-10-18(16)23-19-17-11-12-24(15-6-2-3-7-15)20(17)22-13-21-19;1-2-4-11-10(3-1)5-6-13(11)19-15-12-7-8-16-14(12)17-9-18-15/h1-5,8,11-13,15,18H,6-7,9-10H2,(H,21,22,23);1-4,7-9,13H,5-6H2,(H2,16,17,18,19)/t18-;13-/m00/s1. The molecule has 43 heavy (non-hydrogen) atoms. The summed E-state index contributed by atoms with van der Waals surface area (Å²) in [4.78, 5) is 20.8. The number of aromatic amines is 1. The van der Waals surface area contributed by atoms with E-state index in [0.29, 0.717) is 18.1 Å². The normalized spacial score (nSPS) is 18.9. The average Bonchev–Trinajstić information content (AvgIpc) is 3.88. The van der Waals surface area contributed by atoms with E-state index < -0.39 is 0 Å². The lowest BCUT2D eigenvalue weighted by Crippen LogP contribution is -2.09. The molecule has 214 valence electrons. The van der Waals surface area contributed by atoms with Crippen LogP contribution in [0.2, 0.25) is 0 Å². The van der Waals surface area contributed by atoms with Crippen LogP contribution in [0, 0.1) is 0 Å². The first-order chi connectivity index (χ1) is 21.3. The van der Waals surface area contributed by atoms with Crippen molar-refractivity contribution in [3.8, 4) is 0 Å². The Kier molecular flexibility index (Phi) is 6.59. The fourth-order valence-corrected chi connectivity index (χ4v) is 6.94. The average molecular weight is 567 g/mol. The molecule has 3 N–H and O–H groups in total. The number of benzene rings is 2. The van der Waals surface area contributed by atoms with E-state index in [1.165, 1.54) is 22.3 Å². The van der Waals surface area contributed by atoms with Gasteiger partial charge in [0.1, 0.15) is 35.6 Å². The second kappa shape index (κ2) is 11.0. The van der Waals surface area contributed by atoms with Crippen LogP contribution in [0.15, 0.2) is 97.9 Å². The molecule has 8 heteroatoms. The summed E-state index contributed by atoms with van der Waals surface area (Å²) in [5.74, 6) is 1.86. The topological polar surface area (TPSA) is 96.3 Å². The molecule has 3 aliphatic rings. The lowest BCUT2D eigenvalue weighted by molar-refractivity contribution is 0.550. The van der Waals surface area contributed by atoms with Crippen LogP contribution < -0.4 is 10.6 Å². The molecular weight excluding hydrogens is 532 g/mol. The molecular formula is C35H34N8. The number of fused-ring (bicyclic) bond motifs is 4. The Morgan fingerprint density at radius 1 is 0.674 bits per heavy atom. The van der Waals surface area contributed by atoms with Gasteiger partial charge in [-0.3, -0.25) is 0 Å². The van der Waals surface area contributed by atoms with Gasteiger partial charge in [0.25, 0.3) is 0 Å². The molecule has 0 saturated carbocycles. The second-order valence-electron chi connectivity index (χ2n) is 11.6. The van der Waals surface area contributed by atoms with Crippen molar-refractivity contribution in [2.24, 2.45) is 0 Å². The van der Waals surface area contributed by atoms with Gasteiger partial charge in [-0.2, -0.15) is 0 Å². The zero-order valence-corrected chi connectivity index (χ0v) is 23.9. The third-order valence-electron chi connectivity index (χ3n) is 9.13. The van der Waals surface area contributed by atoms with E-state index in [2.05, 4.69) is 113 Å². The van der Waals surface area contributed by atoms with Crippen LogP contribution in [-0.2, 0) is 12.8 Å². The molecule has 0 amide bonds. The lowest BCUT2D eigenvalue weighted by Gasteiger charge is -2.16. The van der Waals surface area contributed by atoms with E-state index in [-0.39, 0.29) is 0 Å². The minimum Gasteiger partial charge on any atom is -0.363 e. The zero-order valence-electron chi connectivity index (χ0n) is 23.9. The number of allylic oxidation sites excluding steroid dienone is 2. The summed E-state index contributed by atoms with van der Waals surface area (Å²) < 4.78 is 2.30. The summed E-state index contributed by atoms with van der Waals surface area (Å²) >= 11 is 0. The lowest BCUT2D eigenvalue weighted by atomic mass is 10.1. The van der Waals surface area contributed by atoms with Gasteiger partial charge in [0, 0.05) is 18.4 Å². The first kappa shape index (κ1) is 25.7. The molecule has 0 aliphatic heterocycles. The van der Waals surface area contributed by atoms with E-state index in [1.807, 2.05) is 12.3 Å². The maximum Gasteiger partial charge on any atom is 0.145 e. The largest absolute Gasteiger partial charge is 0.363 e. The van der Waals surface area contributed by atoms with Gasteiger partial charge >= 0.3 is 0 Å². The molecule has 2 aromatic carbocycles. The van der Waals surface area contributed by atoms with Crippen molar-refractivity contribution in [2.75, 3.05) is 10.6 Å². The monoisotopic (exact) mass is 566 g/mol. The molecule has 4 heterocycles. The highest BCUT2D eigenvalue weighted by Gasteiger charge is 2.24. The van der Waals surface area contributed by atoms with Crippen LogP contribution in [0.5, 0.6) is 0 Å². The predicted octanol–water partition coefficient (Wildman–Crippen LogP) is 7.48. The maximum absolute atomic E-state index is 4.55. The molecule has 9 rings (SSSR count). The third-order valence-corrected chi connectivity index (χ3v) is 9.13. The van der Waals surface area contributed by atoms with Crippen LogP contribution in [0.25, 0.3) is 22.1 Å². The van der Waals surface area contributed by atoms with Gasteiger partial charge in [0.05, 0.1) is 22.9 Å². The van der Waals surface area contributed by atoms with Crippen molar-refractivity contribution in [1.82, 2.24) is 29.5 Å². The van der Waals surface area contributed by atoms with Gasteiger partial charge in [0.2, 0.25) is 0 Å². The van der Waals surface area contributed by atoms with Gasteiger partial charge in [0.15, 0.2) is 0 Å². The minimum absolute atomic E-state index is 0.343. The molecule has 2 atom stereocenters. The molecule has 4 aromatic heterocycles. The van der Waals surface area contributed by atoms with E-state index >= 15 is 0 Å². The van der Waals surface area contributed by atoms with Crippen LogP contribution in [0.4, 0.5) is 11.6 Å². The number of aromatic nitrogens is 6. The third kappa shape index (κ3) is 4.82.